The van der Waals surface area contributed by atoms with Crippen molar-refractivity contribution in [2.75, 3.05) is 13.1 Å². The highest BCUT2D eigenvalue weighted by atomic mass is 32.1. The summed E-state index contributed by atoms with van der Waals surface area (Å²) in [6.45, 7) is 5.88. The van der Waals surface area contributed by atoms with Gasteiger partial charge in [0.1, 0.15) is 0 Å². The zero-order chi connectivity index (χ0) is 10.1. The lowest BCUT2D eigenvalue weighted by Crippen LogP contribution is -2.37. The van der Waals surface area contributed by atoms with Crippen LogP contribution in [0.2, 0.25) is 0 Å². The molecule has 1 aromatic rings. The van der Waals surface area contributed by atoms with Gasteiger partial charge in [-0.3, -0.25) is 0 Å². The summed E-state index contributed by atoms with van der Waals surface area (Å²) in [5, 5.41) is 4.43. The van der Waals surface area contributed by atoms with Crippen LogP contribution >= 0.6 is 11.3 Å². The molecular formula is C10H15N3S. The third-order valence-corrected chi connectivity index (χ3v) is 3.45. The fraction of sp³-hybridized carbons (Fsp3) is 0.500. The molecule has 2 heterocycles. The molecule has 0 saturated carbocycles. The maximum atomic E-state index is 5.86. The number of rotatable bonds is 1. The summed E-state index contributed by atoms with van der Waals surface area (Å²) in [7, 11) is 0. The fourth-order valence-corrected chi connectivity index (χ4v) is 2.68. The first-order valence-electron chi connectivity index (χ1n) is 4.78. The van der Waals surface area contributed by atoms with E-state index in [4.69, 9.17) is 5.73 Å². The first-order valence-corrected chi connectivity index (χ1v) is 5.60. The third kappa shape index (κ3) is 1.87. The van der Waals surface area contributed by atoms with Crippen LogP contribution in [0.1, 0.15) is 15.6 Å². The molecule has 4 heteroatoms. The average molecular weight is 209 g/mol. The Balaban J connectivity index is 2.34. The SMILES string of the molecule is Cc1nc(C)c(C2=CC(N)CNC2)s1. The molecule has 0 saturated heterocycles. The zero-order valence-electron chi connectivity index (χ0n) is 8.50. The highest BCUT2D eigenvalue weighted by Gasteiger charge is 2.14. The van der Waals surface area contributed by atoms with E-state index in [-0.39, 0.29) is 6.04 Å². The minimum atomic E-state index is 0.139. The second-order valence-corrected chi connectivity index (χ2v) is 4.84. The molecule has 0 radical (unpaired) electrons. The van der Waals surface area contributed by atoms with E-state index in [2.05, 4.69) is 23.3 Å². The molecule has 1 aliphatic rings. The predicted octanol–water partition coefficient (Wildman–Crippen LogP) is 1.07. The Morgan fingerprint density at radius 1 is 1.57 bits per heavy atom. The molecule has 1 aliphatic heterocycles. The van der Waals surface area contributed by atoms with E-state index in [1.807, 2.05) is 6.92 Å². The van der Waals surface area contributed by atoms with Crippen molar-refractivity contribution in [3.63, 3.8) is 0 Å². The van der Waals surface area contributed by atoms with E-state index in [1.54, 1.807) is 11.3 Å². The summed E-state index contributed by atoms with van der Waals surface area (Å²) in [6, 6.07) is 0.139. The van der Waals surface area contributed by atoms with E-state index in [9.17, 15) is 0 Å². The zero-order valence-corrected chi connectivity index (χ0v) is 9.32. The van der Waals surface area contributed by atoms with Crippen molar-refractivity contribution in [2.24, 2.45) is 5.73 Å². The summed E-state index contributed by atoms with van der Waals surface area (Å²) in [4.78, 5) is 5.70. The number of aromatic nitrogens is 1. The molecule has 0 spiro atoms. The highest BCUT2D eigenvalue weighted by molar-refractivity contribution is 7.12. The highest BCUT2D eigenvalue weighted by Crippen LogP contribution is 2.26. The minimum Gasteiger partial charge on any atom is -0.323 e. The summed E-state index contributed by atoms with van der Waals surface area (Å²) < 4.78 is 0. The Kier molecular flexibility index (Phi) is 2.67. The van der Waals surface area contributed by atoms with Crippen molar-refractivity contribution in [3.8, 4) is 0 Å². The van der Waals surface area contributed by atoms with Crippen LogP contribution in [0.3, 0.4) is 0 Å². The molecule has 0 aromatic carbocycles. The molecule has 14 heavy (non-hydrogen) atoms. The Bertz CT molecular complexity index is 367. The van der Waals surface area contributed by atoms with Gasteiger partial charge in [-0.1, -0.05) is 6.08 Å². The number of hydrogen-bond acceptors (Lipinski definition) is 4. The topological polar surface area (TPSA) is 50.9 Å². The quantitative estimate of drug-likeness (QED) is 0.727. The maximum absolute atomic E-state index is 5.86. The van der Waals surface area contributed by atoms with Crippen LogP contribution in [0.4, 0.5) is 0 Å². The monoisotopic (exact) mass is 209 g/mol. The lowest BCUT2D eigenvalue weighted by molar-refractivity contribution is 0.663. The van der Waals surface area contributed by atoms with Gasteiger partial charge >= 0.3 is 0 Å². The third-order valence-electron chi connectivity index (χ3n) is 2.31. The average Bonchev–Trinajstić information content (AvgIpc) is 2.45. The molecule has 3 N–H and O–H groups in total. The van der Waals surface area contributed by atoms with Crippen molar-refractivity contribution in [2.45, 2.75) is 19.9 Å². The number of nitrogens with zero attached hydrogens (tertiary/aromatic N) is 1. The van der Waals surface area contributed by atoms with Crippen molar-refractivity contribution >= 4 is 16.9 Å². The molecule has 1 unspecified atom stereocenters. The van der Waals surface area contributed by atoms with Gasteiger partial charge in [-0.25, -0.2) is 4.98 Å². The number of aryl methyl sites for hydroxylation is 2. The summed E-state index contributed by atoms with van der Waals surface area (Å²) in [5.41, 5.74) is 8.28. The molecule has 3 nitrogen and oxygen atoms in total. The molecule has 0 amide bonds. The van der Waals surface area contributed by atoms with E-state index in [0.29, 0.717) is 0 Å². The van der Waals surface area contributed by atoms with E-state index < -0.39 is 0 Å². The lowest BCUT2D eigenvalue weighted by atomic mass is 10.1. The van der Waals surface area contributed by atoms with Crippen molar-refractivity contribution in [1.29, 1.82) is 0 Å². The van der Waals surface area contributed by atoms with Gasteiger partial charge in [0.05, 0.1) is 15.6 Å². The number of thiazole rings is 1. The van der Waals surface area contributed by atoms with Crippen LogP contribution in [0, 0.1) is 13.8 Å². The van der Waals surface area contributed by atoms with Gasteiger partial charge in [0.2, 0.25) is 0 Å². The molecule has 76 valence electrons. The maximum Gasteiger partial charge on any atom is 0.0903 e. The van der Waals surface area contributed by atoms with Crippen LogP contribution in [-0.4, -0.2) is 24.1 Å². The van der Waals surface area contributed by atoms with Gasteiger partial charge in [0.15, 0.2) is 0 Å². The van der Waals surface area contributed by atoms with Gasteiger partial charge in [-0.15, -0.1) is 11.3 Å². The predicted molar refractivity (Wildman–Crippen MR) is 60.4 cm³/mol. The standard InChI is InChI=1S/C10H15N3S/c1-6-10(14-7(2)13-6)8-3-9(11)5-12-4-8/h3,9,12H,4-5,11H2,1-2H3. The Hall–Kier alpha value is -0.710. The van der Waals surface area contributed by atoms with Gasteiger partial charge < -0.3 is 11.1 Å². The Morgan fingerprint density at radius 3 is 2.93 bits per heavy atom. The number of hydrogen-bond donors (Lipinski definition) is 2. The smallest absolute Gasteiger partial charge is 0.0903 e. The van der Waals surface area contributed by atoms with Crippen molar-refractivity contribution in [1.82, 2.24) is 10.3 Å². The molecule has 2 rings (SSSR count). The molecule has 1 atom stereocenters. The van der Waals surface area contributed by atoms with Crippen LogP contribution in [0.25, 0.3) is 5.57 Å². The van der Waals surface area contributed by atoms with Crippen LogP contribution in [0.5, 0.6) is 0 Å². The summed E-state index contributed by atoms with van der Waals surface area (Å²) >= 11 is 1.75. The number of nitrogens with two attached hydrogens (primary N) is 1. The first-order chi connectivity index (χ1) is 6.66. The molecule has 1 aromatic heterocycles. The second kappa shape index (κ2) is 3.81. The molecule has 0 fully saturated rings. The Labute approximate surface area is 88.0 Å². The van der Waals surface area contributed by atoms with Gasteiger partial charge in [0, 0.05) is 19.1 Å². The van der Waals surface area contributed by atoms with E-state index in [0.717, 1.165) is 23.8 Å². The largest absolute Gasteiger partial charge is 0.323 e. The Morgan fingerprint density at radius 2 is 2.36 bits per heavy atom. The van der Waals surface area contributed by atoms with Gasteiger partial charge in [0.25, 0.3) is 0 Å². The first kappa shape index (κ1) is 9.83. The molecule has 0 aliphatic carbocycles. The second-order valence-electron chi connectivity index (χ2n) is 3.63. The summed E-state index contributed by atoms with van der Waals surface area (Å²) in [5.74, 6) is 0. The van der Waals surface area contributed by atoms with Crippen LogP contribution < -0.4 is 11.1 Å². The van der Waals surface area contributed by atoms with Crippen LogP contribution in [0.15, 0.2) is 6.08 Å². The molecule has 0 bridgehead atoms. The van der Waals surface area contributed by atoms with E-state index >= 15 is 0 Å². The van der Waals surface area contributed by atoms with Crippen molar-refractivity contribution < 1.29 is 0 Å². The number of nitrogens with one attached hydrogen (secondary N) is 1. The fourth-order valence-electron chi connectivity index (χ4n) is 1.73. The van der Waals surface area contributed by atoms with Crippen molar-refractivity contribution in [3.05, 3.63) is 21.7 Å². The lowest BCUT2D eigenvalue weighted by Gasteiger charge is -2.18. The van der Waals surface area contributed by atoms with E-state index in [1.165, 1.54) is 10.5 Å². The van der Waals surface area contributed by atoms with Crippen LogP contribution in [-0.2, 0) is 0 Å². The van der Waals surface area contributed by atoms with Gasteiger partial charge in [-0.2, -0.15) is 0 Å². The normalized spacial score (nSPS) is 22.2. The molecular weight excluding hydrogens is 194 g/mol. The van der Waals surface area contributed by atoms with Gasteiger partial charge in [-0.05, 0) is 19.4 Å². The summed E-state index contributed by atoms with van der Waals surface area (Å²) in [6.07, 6.45) is 2.15. The minimum absolute atomic E-state index is 0.139.